The summed E-state index contributed by atoms with van der Waals surface area (Å²) in [6.45, 7) is 2.35. The number of nitrogens with two attached hydrogens (primary N) is 1. The molecule has 6 heteroatoms. The van der Waals surface area contributed by atoms with Crippen LogP contribution in [0.4, 0.5) is 4.79 Å². The summed E-state index contributed by atoms with van der Waals surface area (Å²) in [7, 11) is 1.40. The fraction of sp³-hybridized carbons (Fsp3) is 0.857. The molecule has 2 atom stereocenters. The monoisotopic (exact) mass is 283 g/mol. The Hall–Kier alpha value is -1.30. The first-order chi connectivity index (χ1) is 9.58. The van der Waals surface area contributed by atoms with Crippen LogP contribution in [0, 0.1) is 11.8 Å². The van der Waals surface area contributed by atoms with Crippen molar-refractivity contribution < 1.29 is 14.3 Å². The molecular weight excluding hydrogens is 258 g/mol. The first-order valence-electron chi connectivity index (χ1n) is 7.43. The van der Waals surface area contributed by atoms with Crippen LogP contribution in [0.2, 0.25) is 0 Å². The van der Waals surface area contributed by atoms with Crippen LogP contribution in [-0.2, 0) is 9.53 Å². The number of piperidine rings is 1. The molecule has 0 aromatic rings. The molecule has 114 valence electrons. The molecule has 2 unspecified atom stereocenters. The quantitative estimate of drug-likeness (QED) is 0.703. The number of nitrogens with one attached hydrogen (secondary N) is 1. The number of amides is 2. The molecule has 2 fully saturated rings. The summed E-state index contributed by atoms with van der Waals surface area (Å²) in [4.78, 5) is 24.3. The Morgan fingerprint density at radius 1 is 1.30 bits per heavy atom. The Morgan fingerprint density at radius 2 is 2.05 bits per heavy atom. The fourth-order valence-electron chi connectivity index (χ4n) is 2.82. The third kappa shape index (κ3) is 4.67. The molecule has 0 spiro atoms. The summed E-state index contributed by atoms with van der Waals surface area (Å²) >= 11 is 0. The average Bonchev–Trinajstić information content (AvgIpc) is 3.26. The number of esters is 1. The van der Waals surface area contributed by atoms with Gasteiger partial charge in [0.25, 0.3) is 0 Å². The Balaban J connectivity index is 1.82. The van der Waals surface area contributed by atoms with Gasteiger partial charge >= 0.3 is 12.0 Å². The topological polar surface area (TPSA) is 84.7 Å². The van der Waals surface area contributed by atoms with E-state index in [1.165, 1.54) is 20.0 Å². The molecule has 20 heavy (non-hydrogen) atoms. The molecular formula is C14H25N3O3. The van der Waals surface area contributed by atoms with E-state index >= 15 is 0 Å². The van der Waals surface area contributed by atoms with Crippen LogP contribution in [0.3, 0.4) is 0 Å². The zero-order valence-electron chi connectivity index (χ0n) is 12.1. The van der Waals surface area contributed by atoms with Gasteiger partial charge in [0.15, 0.2) is 0 Å². The van der Waals surface area contributed by atoms with Crippen LogP contribution in [0.25, 0.3) is 0 Å². The number of hydrogen-bond donors (Lipinski definition) is 2. The standard InChI is InChI=1S/C14H25N3O3/c1-20-13(18)5-4-11-6-12(16-7-10-2-3-10)9-17(8-11)14(15)19/h10-12,16H,2-9H2,1H3,(H2,15,19). The molecule has 0 aromatic carbocycles. The molecule has 2 rings (SSSR count). The number of likely N-dealkylation sites (tertiary alicyclic amines) is 1. The molecule has 1 aliphatic carbocycles. The number of ether oxygens (including phenoxy) is 1. The third-order valence-corrected chi connectivity index (χ3v) is 4.23. The predicted molar refractivity (Wildman–Crippen MR) is 75.0 cm³/mol. The number of hydrogen-bond acceptors (Lipinski definition) is 4. The van der Waals surface area contributed by atoms with Gasteiger partial charge in [-0.2, -0.15) is 0 Å². The number of urea groups is 1. The van der Waals surface area contributed by atoms with Gasteiger partial charge in [-0.1, -0.05) is 0 Å². The summed E-state index contributed by atoms with van der Waals surface area (Å²) in [6, 6.07) is -0.0783. The maximum atomic E-state index is 11.4. The van der Waals surface area contributed by atoms with Gasteiger partial charge in [-0.3, -0.25) is 4.79 Å². The van der Waals surface area contributed by atoms with Crippen molar-refractivity contribution in [2.75, 3.05) is 26.7 Å². The lowest BCUT2D eigenvalue weighted by molar-refractivity contribution is -0.141. The van der Waals surface area contributed by atoms with Gasteiger partial charge in [-0.15, -0.1) is 0 Å². The van der Waals surface area contributed by atoms with E-state index in [0.29, 0.717) is 31.5 Å². The Kier molecular flexibility index (Phi) is 5.23. The molecule has 1 heterocycles. The lowest BCUT2D eigenvalue weighted by Gasteiger charge is -2.37. The minimum atomic E-state index is -0.369. The Morgan fingerprint density at radius 3 is 2.65 bits per heavy atom. The molecule has 2 aliphatic rings. The molecule has 0 aromatic heterocycles. The number of nitrogens with zero attached hydrogens (tertiary/aromatic N) is 1. The molecule has 0 radical (unpaired) electrons. The second-order valence-electron chi connectivity index (χ2n) is 6.01. The van der Waals surface area contributed by atoms with Gasteiger partial charge in [-0.05, 0) is 44.1 Å². The van der Waals surface area contributed by atoms with Gasteiger partial charge in [0.1, 0.15) is 0 Å². The van der Waals surface area contributed by atoms with E-state index in [9.17, 15) is 9.59 Å². The minimum absolute atomic E-state index is 0.191. The minimum Gasteiger partial charge on any atom is -0.469 e. The number of methoxy groups -OCH3 is 1. The van der Waals surface area contributed by atoms with Crippen molar-refractivity contribution in [1.82, 2.24) is 10.2 Å². The molecule has 3 N–H and O–H groups in total. The molecule has 2 amide bonds. The van der Waals surface area contributed by atoms with Gasteiger partial charge < -0.3 is 20.7 Å². The van der Waals surface area contributed by atoms with Crippen molar-refractivity contribution >= 4 is 12.0 Å². The predicted octanol–water partition coefficient (Wildman–Crippen LogP) is 0.708. The zero-order chi connectivity index (χ0) is 14.5. The highest BCUT2D eigenvalue weighted by atomic mass is 16.5. The lowest BCUT2D eigenvalue weighted by Crippen LogP contribution is -2.53. The molecule has 1 saturated heterocycles. The summed E-state index contributed by atoms with van der Waals surface area (Å²) in [5.41, 5.74) is 5.41. The SMILES string of the molecule is COC(=O)CCC1CC(NCC2CC2)CN(C(N)=O)C1. The van der Waals surface area contributed by atoms with E-state index in [1.807, 2.05) is 0 Å². The smallest absolute Gasteiger partial charge is 0.314 e. The number of carbonyl (C=O) groups excluding carboxylic acids is 2. The second kappa shape index (κ2) is 6.92. The first-order valence-corrected chi connectivity index (χ1v) is 7.43. The van der Waals surface area contributed by atoms with Crippen molar-refractivity contribution in [3.05, 3.63) is 0 Å². The molecule has 0 bridgehead atoms. The van der Waals surface area contributed by atoms with Crippen molar-refractivity contribution in [3.8, 4) is 0 Å². The highest BCUT2D eigenvalue weighted by Crippen LogP contribution is 2.28. The Labute approximate surface area is 120 Å². The van der Waals surface area contributed by atoms with Crippen LogP contribution in [-0.4, -0.2) is 49.7 Å². The van der Waals surface area contributed by atoms with Gasteiger partial charge in [0, 0.05) is 25.6 Å². The van der Waals surface area contributed by atoms with Crippen molar-refractivity contribution in [2.24, 2.45) is 17.6 Å². The number of carbonyl (C=O) groups is 2. The van der Waals surface area contributed by atoms with Gasteiger partial charge in [0.05, 0.1) is 7.11 Å². The van der Waals surface area contributed by atoms with Crippen LogP contribution >= 0.6 is 0 Å². The van der Waals surface area contributed by atoms with Gasteiger partial charge in [0.2, 0.25) is 0 Å². The van der Waals surface area contributed by atoms with E-state index in [1.54, 1.807) is 4.90 Å². The summed E-state index contributed by atoms with van der Waals surface area (Å²) < 4.78 is 4.67. The van der Waals surface area contributed by atoms with Crippen LogP contribution in [0.5, 0.6) is 0 Å². The molecule has 1 saturated carbocycles. The van der Waals surface area contributed by atoms with E-state index in [4.69, 9.17) is 5.73 Å². The molecule has 6 nitrogen and oxygen atoms in total. The fourth-order valence-corrected chi connectivity index (χ4v) is 2.82. The van der Waals surface area contributed by atoms with Crippen LogP contribution < -0.4 is 11.1 Å². The summed E-state index contributed by atoms with van der Waals surface area (Å²) in [6.07, 6.45) is 4.77. The first kappa shape index (κ1) is 15.1. The number of rotatable bonds is 6. The zero-order valence-corrected chi connectivity index (χ0v) is 12.1. The second-order valence-corrected chi connectivity index (χ2v) is 6.01. The average molecular weight is 283 g/mol. The van der Waals surface area contributed by atoms with E-state index in [2.05, 4.69) is 10.1 Å². The summed E-state index contributed by atoms with van der Waals surface area (Å²) in [5, 5.41) is 3.53. The van der Waals surface area contributed by atoms with Crippen LogP contribution in [0.15, 0.2) is 0 Å². The van der Waals surface area contributed by atoms with Crippen molar-refractivity contribution in [3.63, 3.8) is 0 Å². The van der Waals surface area contributed by atoms with E-state index < -0.39 is 0 Å². The largest absolute Gasteiger partial charge is 0.469 e. The lowest BCUT2D eigenvalue weighted by atomic mass is 9.90. The molecule has 1 aliphatic heterocycles. The summed E-state index contributed by atoms with van der Waals surface area (Å²) in [5.74, 6) is 0.934. The third-order valence-electron chi connectivity index (χ3n) is 4.23. The maximum Gasteiger partial charge on any atom is 0.314 e. The van der Waals surface area contributed by atoms with E-state index in [-0.39, 0.29) is 12.0 Å². The van der Waals surface area contributed by atoms with Gasteiger partial charge in [-0.25, -0.2) is 4.79 Å². The van der Waals surface area contributed by atoms with Crippen molar-refractivity contribution in [2.45, 2.75) is 38.1 Å². The van der Waals surface area contributed by atoms with Crippen LogP contribution in [0.1, 0.15) is 32.1 Å². The Bertz CT molecular complexity index is 358. The van der Waals surface area contributed by atoms with E-state index in [0.717, 1.165) is 25.3 Å². The highest BCUT2D eigenvalue weighted by molar-refractivity contribution is 5.72. The van der Waals surface area contributed by atoms with Crippen molar-refractivity contribution in [1.29, 1.82) is 0 Å². The maximum absolute atomic E-state index is 11.4. The number of primary amides is 1. The highest BCUT2D eigenvalue weighted by Gasteiger charge is 2.30. The normalized spacial score (nSPS) is 26.4.